The van der Waals surface area contributed by atoms with E-state index >= 15 is 0 Å². The number of nitro groups is 1. The third-order valence-electron chi connectivity index (χ3n) is 4.31. The van der Waals surface area contributed by atoms with Gasteiger partial charge in [0.15, 0.2) is 5.82 Å². The van der Waals surface area contributed by atoms with E-state index in [1.807, 2.05) is 0 Å². The molecule has 30 heavy (non-hydrogen) atoms. The minimum absolute atomic E-state index is 0.0201. The maximum atomic E-state index is 12.2. The number of hydrogen-bond donors (Lipinski definition) is 1. The standard InChI is InChI=1S/C18H18N6O6/c1-10-15(24(27)28)11(2)23(21-10)9-14-20-17(30-22-14)16(25)19-8-12-4-6-13(7-5-12)18(26)29-3/h4-7H,8-9H2,1-3H3,(H,19,25). The Morgan fingerprint density at radius 2 is 1.97 bits per heavy atom. The Balaban J connectivity index is 1.62. The molecule has 0 aliphatic rings. The fourth-order valence-corrected chi connectivity index (χ4v) is 2.78. The molecule has 1 amide bonds. The molecule has 0 unspecified atom stereocenters. The van der Waals surface area contributed by atoms with E-state index < -0.39 is 16.8 Å². The van der Waals surface area contributed by atoms with Gasteiger partial charge in [0.05, 0.1) is 17.6 Å². The monoisotopic (exact) mass is 414 g/mol. The number of carbonyl (C=O) groups is 2. The zero-order valence-corrected chi connectivity index (χ0v) is 16.4. The van der Waals surface area contributed by atoms with E-state index in [2.05, 4.69) is 25.3 Å². The summed E-state index contributed by atoms with van der Waals surface area (Å²) in [6.45, 7) is 3.31. The lowest BCUT2D eigenvalue weighted by Crippen LogP contribution is -2.23. The first-order valence-corrected chi connectivity index (χ1v) is 8.76. The Morgan fingerprint density at radius 1 is 1.27 bits per heavy atom. The molecule has 12 heteroatoms. The van der Waals surface area contributed by atoms with Gasteiger partial charge in [0.25, 0.3) is 0 Å². The van der Waals surface area contributed by atoms with Crippen LogP contribution in [0.5, 0.6) is 0 Å². The van der Waals surface area contributed by atoms with Crippen LogP contribution in [-0.4, -0.2) is 43.8 Å². The number of hydrogen-bond acceptors (Lipinski definition) is 9. The van der Waals surface area contributed by atoms with Crippen molar-refractivity contribution in [2.75, 3.05) is 7.11 Å². The Hall–Kier alpha value is -4.09. The summed E-state index contributed by atoms with van der Waals surface area (Å²) in [5, 5.41) is 21.5. The number of aryl methyl sites for hydroxylation is 1. The molecule has 1 N–H and O–H groups in total. The molecule has 2 aromatic heterocycles. The van der Waals surface area contributed by atoms with Gasteiger partial charge in [-0.3, -0.25) is 19.6 Å². The molecule has 0 spiro atoms. The topological polar surface area (TPSA) is 155 Å². The molecule has 0 saturated heterocycles. The minimum Gasteiger partial charge on any atom is -0.465 e. The van der Waals surface area contributed by atoms with E-state index in [1.165, 1.54) is 18.7 Å². The van der Waals surface area contributed by atoms with Crippen molar-refractivity contribution in [3.8, 4) is 0 Å². The molecule has 0 radical (unpaired) electrons. The van der Waals surface area contributed by atoms with E-state index in [1.54, 1.807) is 31.2 Å². The van der Waals surface area contributed by atoms with Gasteiger partial charge < -0.3 is 14.6 Å². The maximum Gasteiger partial charge on any atom is 0.337 e. The van der Waals surface area contributed by atoms with Gasteiger partial charge in [-0.05, 0) is 31.5 Å². The number of nitrogens with zero attached hydrogens (tertiary/aromatic N) is 5. The Labute approximate surface area is 170 Å². The highest BCUT2D eigenvalue weighted by Gasteiger charge is 2.23. The summed E-state index contributed by atoms with van der Waals surface area (Å²) < 4.78 is 11.0. The average Bonchev–Trinajstić information content (AvgIpc) is 3.30. The lowest BCUT2D eigenvalue weighted by Gasteiger charge is -2.04. The number of amides is 1. The van der Waals surface area contributed by atoms with E-state index in [4.69, 9.17) is 4.52 Å². The number of nitrogens with one attached hydrogen (secondary N) is 1. The van der Waals surface area contributed by atoms with E-state index in [0.29, 0.717) is 11.3 Å². The summed E-state index contributed by atoms with van der Waals surface area (Å²) in [5.41, 5.74) is 1.71. The normalized spacial score (nSPS) is 10.6. The summed E-state index contributed by atoms with van der Waals surface area (Å²) in [6, 6.07) is 6.54. The predicted octanol–water partition coefficient (Wildman–Crippen LogP) is 1.56. The van der Waals surface area contributed by atoms with Crippen molar-refractivity contribution in [2.24, 2.45) is 0 Å². The Kier molecular flexibility index (Phi) is 5.85. The summed E-state index contributed by atoms with van der Waals surface area (Å²) in [4.78, 5) is 38.2. The first-order chi connectivity index (χ1) is 14.3. The molecule has 0 saturated carbocycles. The van der Waals surface area contributed by atoms with Crippen molar-refractivity contribution in [3.63, 3.8) is 0 Å². The third kappa shape index (κ3) is 4.32. The van der Waals surface area contributed by atoms with Gasteiger partial charge in [-0.1, -0.05) is 17.3 Å². The van der Waals surface area contributed by atoms with Crippen molar-refractivity contribution < 1.29 is 23.8 Å². The molecule has 3 aromatic rings. The zero-order valence-electron chi connectivity index (χ0n) is 16.4. The molecular weight excluding hydrogens is 396 g/mol. The Morgan fingerprint density at radius 3 is 2.57 bits per heavy atom. The second-order valence-corrected chi connectivity index (χ2v) is 6.32. The summed E-state index contributed by atoms with van der Waals surface area (Å²) in [6.07, 6.45) is 0. The van der Waals surface area contributed by atoms with E-state index in [-0.39, 0.29) is 36.2 Å². The number of esters is 1. The molecule has 0 aliphatic carbocycles. The van der Waals surface area contributed by atoms with Crippen molar-refractivity contribution in [2.45, 2.75) is 26.9 Å². The Bertz CT molecular complexity index is 1100. The van der Waals surface area contributed by atoms with Crippen LogP contribution in [0.15, 0.2) is 28.8 Å². The first-order valence-electron chi connectivity index (χ1n) is 8.76. The second-order valence-electron chi connectivity index (χ2n) is 6.32. The molecule has 156 valence electrons. The number of aromatic nitrogens is 4. The minimum atomic E-state index is -0.579. The zero-order chi connectivity index (χ0) is 21.8. The van der Waals surface area contributed by atoms with Crippen molar-refractivity contribution in [1.29, 1.82) is 0 Å². The highest BCUT2D eigenvalue weighted by molar-refractivity contribution is 5.90. The SMILES string of the molecule is COC(=O)c1ccc(CNC(=O)c2nc(Cn3nc(C)c([N+](=O)[O-])c3C)no2)cc1. The quantitative estimate of drug-likeness (QED) is 0.344. The number of carbonyl (C=O) groups excluding carboxylic acids is 2. The van der Waals surface area contributed by atoms with Crippen molar-refractivity contribution in [1.82, 2.24) is 25.2 Å². The fourth-order valence-electron chi connectivity index (χ4n) is 2.78. The average molecular weight is 414 g/mol. The fraction of sp³-hybridized carbons (Fsp3) is 0.278. The van der Waals surface area contributed by atoms with Crippen LogP contribution in [0, 0.1) is 24.0 Å². The molecule has 12 nitrogen and oxygen atoms in total. The summed E-state index contributed by atoms with van der Waals surface area (Å²) in [5.74, 6) is -1.11. The molecule has 0 atom stereocenters. The van der Waals surface area contributed by atoms with Crippen LogP contribution in [-0.2, 0) is 17.8 Å². The molecule has 2 heterocycles. The number of methoxy groups -OCH3 is 1. The van der Waals surface area contributed by atoms with E-state index in [0.717, 1.165) is 5.56 Å². The van der Waals surface area contributed by atoms with Gasteiger partial charge in [-0.25, -0.2) is 4.79 Å². The first kappa shape index (κ1) is 20.6. The number of ether oxygens (including phenoxy) is 1. The van der Waals surface area contributed by atoms with Crippen LogP contribution in [0.25, 0.3) is 0 Å². The smallest absolute Gasteiger partial charge is 0.337 e. The van der Waals surface area contributed by atoms with Gasteiger partial charge in [-0.2, -0.15) is 10.1 Å². The lowest BCUT2D eigenvalue weighted by atomic mass is 10.1. The number of benzene rings is 1. The lowest BCUT2D eigenvalue weighted by molar-refractivity contribution is -0.386. The summed E-state index contributed by atoms with van der Waals surface area (Å²) >= 11 is 0. The van der Waals surface area contributed by atoms with Crippen LogP contribution < -0.4 is 5.32 Å². The van der Waals surface area contributed by atoms with Gasteiger partial charge >= 0.3 is 23.5 Å². The molecule has 0 fully saturated rings. The molecule has 3 rings (SSSR count). The van der Waals surface area contributed by atoms with Crippen LogP contribution >= 0.6 is 0 Å². The van der Waals surface area contributed by atoms with Gasteiger partial charge in [0.1, 0.15) is 17.9 Å². The highest BCUT2D eigenvalue weighted by atomic mass is 16.6. The van der Waals surface area contributed by atoms with E-state index in [9.17, 15) is 19.7 Å². The van der Waals surface area contributed by atoms with Crippen LogP contribution in [0.3, 0.4) is 0 Å². The number of rotatable bonds is 7. The van der Waals surface area contributed by atoms with Gasteiger partial charge in [0.2, 0.25) is 0 Å². The summed E-state index contributed by atoms with van der Waals surface area (Å²) in [7, 11) is 1.30. The molecule has 0 aliphatic heterocycles. The van der Waals surface area contributed by atoms with Crippen molar-refractivity contribution >= 4 is 17.6 Å². The maximum absolute atomic E-state index is 12.2. The molecule has 0 bridgehead atoms. The molecule has 1 aromatic carbocycles. The van der Waals surface area contributed by atoms with Crippen molar-refractivity contribution in [3.05, 3.63) is 68.6 Å². The second kappa shape index (κ2) is 8.51. The molecular formula is C18H18N6O6. The third-order valence-corrected chi connectivity index (χ3v) is 4.31. The van der Waals surface area contributed by atoms with Crippen LogP contribution in [0.4, 0.5) is 5.69 Å². The highest BCUT2D eigenvalue weighted by Crippen LogP contribution is 2.22. The largest absolute Gasteiger partial charge is 0.465 e. The predicted molar refractivity (Wildman–Crippen MR) is 101 cm³/mol. The van der Waals surface area contributed by atoms with Gasteiger partial charge in [0, 0.05) is 6.54 Å². The van der Waals surface area contributed by atoms with Crippen LogP contribution in [0.2, 0.25) is 0 Å². The van der Waals surface area contributed by atoms with Gasteiger partial charge in [-0.15, -0.1) is 0 Å². The van der Waals surface area contributed by atoms with Crippen LogP contribution in [0.1, 0.15) is 43.8 Å².